The summed E-state index contributed by atoms with van der Waals surface area (Å²) in [6.45, 7) is 1.67. The minimum Gasteiger partial charge on any atom is -0.481 e. The van der Waals surface area contributed by atoms with Gasteiger partial charge in [0.15, 0.2) is 0 Å². The molecular formula is C12H12N2O2. The van der Waals surface area contributed by atoms with Crippen LogP contribution >= 0.6 is 0 Å². The van der Waals surface area contributed by atoms with Gasteiger partial charge in [-0.15, -0.1) is 0 Å². The van der Waals surface area contributed by atoms with Gasteiger partial charge in [-0.25, -0.2) is 4.98 Å². The number of rotatable bonds is 3. The third kappa shape index (κ3) is 1.95. The van der Waals surface area contributed by atoms with Gasteiger partial charge < -0.3 is 10.1 Å². The summed E-state index contributed by atoms with van der Waals surface area (Å²) in [6, 6.07) is 7.37. The van der Waals surface area contributed by atoms with E-state index in [1.807, 2.05) is 24.3 Å². The van der Waals surface area contributed by atoms with Gasteiger partial charge in [0.25, 0.3) is 0 Å². The van der Waals surface area contributed by atoms with Crippen molar-refractivity contribution in [2.24, 2.45) is 0 Å². The SMILES string of the molecule is CC(C(=O)O)c1ccc(-c2ncc[nH]2)cc1. The molecule has 0 bridgehead atoms. The molecule has 0 spiro atoms. The Morgan fingerprint density at radius 3 is 2.56 bits per heavy atom. The van der Waals surface area contributed by atoms with Gasteiger partial charge in [-0.2, -0.15) is 0 Å². The van der Waals surface area contributed by atoms with E-state index in [-0.39, 0.29) is 0 Å². The third-order valence-electron chi connectivity index (χ3n) is 2.55. The van der Waals surface area contributed by atoms with Crippen LogP contribution in [0.25, 0.3) is 11.4 Å². The number of aromatic nitrogens is 2. The molecule has 1 atom stereocenters. The Labute approximate surface area is 93.0 Å². The van der Waals surface area contributed by atoms with Gasteiger partial charge in [0.2, 0.25) is 0 Å². The fourth-order valence-corrected chi connectivity index (χ4v) is 1.50. The summed E-state index contributed by atoms with van der Waals surface area (Å²) in [7, 11) is 0. The Bertz CT molecular complexity index is 474. The molecule has 16 heavy (non-hydrogen) atoms. The lowest BCUT2D eigenvalue weighted by atomic mass is 10.00. The largest absolute Gasteiger partial charge is 0.481 e. The average Bonchev–Trinajstić information content (AvgIpc) is 2.81. The Morgan fingerprint density at radius 2 is 2.06 bits per heavy atom. The number of aromatic amines is 1. The van der Waals surface area contributed by atoms with Crippen molar-refractivity contribution < 1.29 is 9.90 Å². The predicted molar refractivity (Wildman–Crippen MR) is 60.1 cm³/mol. The zero-order chi connectivity index (χ0) is 11.5. The van der Waals surface area contributed by atoms with Crippen LogP contribution in [-0.2, 0) is 4.79 Å². The fraction of sp³-hybridized carbons (Fsp3) is 0.167. The van der Waals surface area contributed by atoms with Crippen molar-refractivity contribution >= 4 is 5.97 Å². The second-order valence-electron chi connectivity index (χ2n) is 3.62. The molecule has 0 aliphatic heterocycles. The molecule has 1 heterocycles. The summed E-state index contributed by atoms with van der Waals surface area (Å²) in [4.78, 5) is 17.9. The zero-order valence-corrected chi connectivity index (χ0v) is 8.84. The van der Waals surface area contributed by atoms with Crippen LogP contribution in [0.15, 0.2) is 36.7 Å². The molecule has 1 unspecified atom stereocenters. The Kier molecular flexibility index (Phi) is 2.72. The molecule has 0 aliphatic rings. The molecule has 0 amide bonds. The van der Waals surface area contributed by atoms with Crippen LogP contribution in [0.4, 0.5) is 0 Å². The van der Waals surface area contributed by atoms with Gasteiger partial charge in [0.1, 0.15) is 5.82 Å². The molecule has 0 saturated carbocycles. The van der Waals surface area contributed by atoms with Crippen molar-refractivity contribution in [3.8, 4) is 11.4 Å². The minimum atomic E-state index is -0.814. The van der Waals surface area contributed by atoms with Crippen molar-refractivity contribution in [2.75, 3.05) is 0 Å². The first-order valence-corrected chi connectivity index (χ1v) is 5.01. The van der Waals surface area contributed by atoms with E-state index in [0.717, 1.165) is 17.0 Å². The van der Waals surface area contributed by atoms with Crippen LogP contribution in [-0.4, -0.2) is 21.0 Å². The molecule has 0 saturated heterocycles. The van der Waals surface area contributed by atoms with Crippen molar-refractivity contribution in [1.82, 2.24) is 9.97 Å². The molecule has 2 rings (SSSR count). The molecule has 0 fully saturated rings. The molecule has 0 radical (unpaired) electrons. The van der Waals surface area contributed by atoms with Gasteiger partial charge in [-0.1, -0.05) is 24.3 Å². The summed E-state index contributed by atoms with van der Waals surface area (Å²) in [5.41, 5.74) is 1.74. The number of carboxylic acid groups (broad SMARTS) is 1. The number of nitrogens with zero attached hydrogens (tertiary/aromatic N) is 1. The smallest absolute Gasteiger partial charge is 0.310 e. The first-order valence-electron chi connectivity index (χ1n) is 5.01. The van der Waals surface area contributed by atoms with Crippen molar-refractivity contribution in [2.45, 2.75) is 12.8 Å². The van der Waals surface area contributed by atoms with Crippen molar-refractivity contribution in [3.05, 3.63) is 42.2 Å². The number of imidazole rings is 1. The standard InChI is InChI=1S/C12H12N2O2/c1-8(12(15)16)9-2-4-10(5-3-9)11-13-6-7-14-11/h2-8H,1H3,(H,13,14)(H,15,16). The van der Waals surface area contributed by atoms with Crippen LogP contribution in [0.3, 0.4) is 0 Å². The quantitative estimate of drug-likeness (QED) is 0.827. The first kappa shape index (κ1) is 10.4. The molecule has 4 nitrogen and oxygen atoms in total. The highest BCUT2D eigenvalue weighted by Gasteiger charge is 2.13. The van der Waals surface area contributed by atoms with E-state index >= 15 is 0 Å². The van der Waals surface area contributed by atoms with Gasteiger partial charge in [0.05, 0.1) is 5.92 Å². The van der Waals surface area contributed by atoms with Gasteiger partial charge in [-0.3, -0.25) is 4.79 Å². The van der Waals surface area contributed by atoms with Gasteiger partial charge in [0, 0.05) is 18.0 Å². The lowest BCUT2D eigenvalue weighted by molar-refractivity contribution is -0.138. The molecule has 82 valence electrons. The van der Waals surface area contributed by atoms with E-state index in [1.165, 1.54) is 0 Å². The van der Waals surface area contributed by atoms with E-state index in [1.54, 1.807) is 19.3 Å². The van der Waals surface area contributed by atoms with Crippen LogP contribution in [0.5, 0.6) is 0 Å². The zero-order valence-electron chi connectivity index (χ0n) is 8.84. The first-order chi connectivity index (χ1) is 7.68. The maximum absolute atomic E-state index is 10.8. The highest BCUT2D eigenvalue weighted by atomic mass is 16.4. The Balaban J connectivity index is 2.26. The number of hydrogen-bond donors (Lipinski definition) is 2. The normalized spacial score (nSPS) is 12.3. The summed E-state index contributed by atoms with van der Waals surface area (Å²) in [5.74, 6) is -0.508. The van der Waals surface area contributed by atoms with Crippen molar-refractivity contribution in [1.29, 1.82) is 0 Å². The monoisotopic (exact) mass is 216 g/mol. The van der Waals surface area contributed by atoms with Gasteiger partial charge >= 0.3 is 5.97 Å². The van der Waals surface area contributed by atoms with Crippen LogP contribution in [0, 0.1) is 0 Å². The number of nitrogens with one attached hydrogen (secondary N) is 1. The topological polar surface area (TPSA) is 66.0 Å². The highest BCUT2D eigenvalue weighted by Crippen LogP contribution is 2.20. The summed E-state index contributed by atoms with van der Waals surface area (Å²) in [6.07, 6.45) is 3.44. The second kappa shape index (κ2) is 4.18. The Morgan fingerprint density at radius 1 is 1.38 bits per heavy atom. The number of carbonyl (C=O) groups is 1. The molecular weight excluding hydrogens is 204 g/mol. The lowest BCUT2D eigenvalue weighted by Crippen LogP contribution is -2.06. The predicted octanol–water partition coefficient (Wildman–Crippen LogP) is 2.26. The number of hydrogen-bond acceptors (Lipinski definition) is 2. The minimum absolute atomic E-state index is 0.481. The molecule has 2 aromatic rings. The summed E-state index contributed by atoms with van der Waals surface area (Å²) < 4.78 is 0. The molecule has 1 aromatic carbocycles. The highest BCUT2D eigenvalue weighted by molar-refractivity contribution is 5.75. The second-order valence-corrected chi connectivity index (χ2v) is 3.62. The molecule has 0 aliphatic carbocycles. The fourth-order valence-electron chi connectivity index (χ4n) is 1.50. The molecule has 1 aromatic heterocycles. The van der Waals surface area contributed by atoms with E-state index in [4.69, 9.17) is 5.11 Å². The number of benzene rings is 1. The maximum Gasteiger partial charge on any atom is 0.310 e. The van der Waals surface area contributed by atoms with E-state index in [0.29, 0.717) is 0 Å². The van der Waals surface area contributed by atoms with E-state index < -0.39 is 11.9 Å². The number of carboxylic acids is 1. The van der Waals surface area contributed by atoms with E-state index in [2.05, 4.69) is 9.97 Å². The molecule has 2 N–H and O–H groups in total. The van der Waals surface area contributed by atoms with Crippen LogP contribution in [0.1, 0.15) is 18.4 Å². The summed E-state index contributed by atoms with van der Waals surface area (Å²) in [5, 5.41) is 8.87. The molecule has 4 heteroatoms. The van der Waals surface area contributed by atoms with Crippen molar-refractivity contribution in [3.63, 3.8) is 0 Å². The third-order valence-corrected chi connectivity index (χ3v) is 2.55. The van der Waals surface area contributed by atoms with E-state index in [9.17, 15) is 4.79 Å². The van der Waals surface area contributed by atoms with Crippen LogP contribution in [0.2, 0.25) is 0 Å². The number of H-pyrrole nitrogens is 1. The maximum atomic E-state index is 10.8. The summed E-state index contributed by atoms with van der Waals surface area (Å²) >= 11 is 0. The average molecular weight is 216 g/mol. The van der Waals surface area contributed by atoms with Gasteiger partial charge in [-0.05, 0) is 12.5 Å². The van der Waals surface area contributed by atoms with Crippen LogP contribution < -0.4 is 0 Å². The Hall–Kier alpha value is -2.10. The number of aliphatic carboxylic acids is 1. The lowest BCUT2D eigenvalue weighted by Gasteiger charge is -2.06.